The quantitative estimate of drug-likeness (QED) is 0.797. The predicted molar refractivity (Wildman–Crippen MR) is 119 cm³/mol. The van der Waals surface area contributed by atoms with Crippen molar-refractivity contribution in [3.8, 4) is 11.6 Å². The van der Waals surface area contributed by atoms with E-state index in [2.05, 4.69) is 27.3 Å². The van der Waals surface area contributed by atoms with Gasteiger partial charge in [-0.3, -0.25) is 9.69 Å². The first-order chi connectivity index (χ1) is 15.2. The summed E-state index contributed by atoms with van der Waals surface area (Å²) in [6, 6.07) is 10.9. The van der Waals surface area contributed by atoms with Crippen molar-refractivity contribution in [2.45, 2.75) is 57.0 Å². The van der Waals surface area contributed by atoms with Gasteiger partial charge in [0.2, 0.25) is 5.88 Å². The maximum absolute atomic E-state index is 12.4. The van der Waals surface area contributed by atoms with E-state index in [-0.39, 0.29) is 11.9 Å². The molecule has 2 fully saturated rings. The largest absolute Gasteiger partial charge is 0.439 e. The Hall–Kier alpha value is -2.44. The standard InChI is InChI=1S/C25H31N3O3/c29-25(27-21-10-14-30-15-11-21)20-5-7-24(26-17-20)31-23-6-4-18-8-12-28(22-2-1-3-22)13-9-19(18)16-23/h4-7,16-17,21-22H,1-3,8-15H2,(H,27,29). The molecule has 1 saturated heterocycles. The summed E-state index contributed by atoms with van der Waals surface area (Å²) in [4.78, 5) is 19.5. The van der Waals surface area contributed by atoms with Gasteiger partial charge in [0.25, 0.3) is 5.91 Å². The van der Waals surface area contributed by atoms with Crippen molar-refractivity contribution in [3.05, 3.63) is 53.2 Å². The average Bonchev–Trinajstić information content (AvgIpc) is 2.96. The highest BCUT2D eigenvalue weighted by Gasteiger charge is 2.26. The monoisotopic (exact) mass is 421 g/mol. The minimum Gasteiger partial charge on any atom is -0.439 e. The van der Waals surface area contributed by atoms with Crippen LogP contribution in [0.4, 0.5) is 0 Å². The van der Waals surface area contributed by atoms with Crippen LogP contribution in [-0.4, -0.2) is 54.2 Å². The van der Waals surface area contributed by atoms with E-state index >= 15 is 0 Å². The van der Waals surface area contributed by atoms with Gasteiger partial charge in [0.15, 0.2) is 0 Å². The number of rotatable bonds is 5. The Labute approximate surface area is 183 Å². The first-order valence-corrected chi connectivity index (χ1v) is 11.6. The highest BCUT2D eigenvalue weighted by atomic mass is 16.5. The summed E-state index contributed by atoms with van der Waals surface area (Å²) in [5.74, 6) is 1.22. The molecule has 0 atom stereocenters. The molecule has 1 N–H and O–H groups in total. The van der Waals surface area contributed by atoms with Gasteiger partial charge < -0.3 is 14.8 Å². The van der Waals surface area contributed by atoms with E-state index < -0.39 is 0 Å². The van der Waals surface area contributed by atoms with Gasteiger partial charge in [-0.15, -0.1) is 0 Å². The smallest absolute Gasteiger partial charge is 0.253 e. The van der Waals surface area contributed by atoms with Crippen molar-refractivity contribution < 1.29 is 14.3 Å². The van der Waals surface area contributed by atoms with Gasteiger partial charge in [-0.1, -0.05) is 12.5 Å². The molecule has 2 aromatic rings. The molecule has 2 aliphatic heterocycles. The van der Waals surface area contributed by atoms with Crippen molar-refractivity contribution in [2.75, 3.05) is 26.3 Å². The summed E-state index contributed by atoms with van der Waals surface area (Å²) in [5, 5.41) is 3.06. The molecule has 6 nitrogen and oxygen atoms in total. The van der Waals surface area contributed by atoms with Gasteiger partial charge in [0, 0.05) is 50.7 Å². The van der Waals surface area contributed by atoms with Crippen LogP contribution >= 0.6 is 0 Å². The van der Waals surface area contributed by atoms with Crippen molar-refractivity contribution in [2.24, 2.45) is 0 Å². The van der Waals surface area contributed by atoms with Crippen LogP contribution in [0.25, 0.3) is 0 Å². The molecular weight excluding hydrogens is 390 g/mol. The molecule has 0 radical (unpaired) electrons. The topological polar surface area (TPSA) is 63.7 Å². The predicted octanol–water partition coefficient (Wildman–Crippen LogP) is 3.74. The Kier molecular flexibility index (Phi) is 6.18. The molecule has 0 bridgehead atoms. The molecule has 5 rings (SSSR count). The number of nitrogens with one attached hydrogen (secondary N) is 1. The van der Waals surface area contributed by atoms with Crippen LogP contribution in [-0.2, 0) is 17.6 Å². The molecular formula is C25H31N3O3. The van der Waals surface area contributed by atoms with E-state index in [1.54, 1.807) is 18.3 Å². The van der Waals surface area contributed by atoms with Crippen LogP contribution in [0.15, 0.2) is 36.5 Å². The maximum atomic E-state index is 12.4. The highest BCUT2D eigenvalue weighted by molar-refractivity contribution is 5.94. The summed E-state index contributed by atoms with van der Waals surface area (Å²) in [5.41, 5.74) is 3.37. The Morgan fingerprint density at radius 2 is 1.84 bits per heavy atom. The van der Waals surface area contributed by atoms with E-state index in [4.69, 9.17) is 9.47 Å². The van der Waals surface area contributed by atoms with Gasteiger partial charge in [0.05, 0.1) is 5.56 Å². The highest BCUT2D eigenvalue weighted by Crippen LogP contribution is 2.29. The summed E-state index contributed by atoms with van der Waals surface area (Å²) < 4.78 is 11.3. The van der Waals surface area contributed by atoms with E-state index in [0.29, 0.717) is 24.7 Å². The molecule has 0 spiro atoms. The molecule has 164 valence electrons. The lowest BCUT2D eigenvalue weighted by Gasteiger charge is -2.36. The lowest BCUT2D eigenvalue weighted by Crippen LogP contribution is -2.41. The van der Waals surface area contributed by atoms with Crippen LogP contribution in [0.5, 0.6) is 11.6 Å². The van der Waals surface area contributed by atoms with Crippen molar-refractivity contribution >= 4 is 5.91 Å². The van der Waals surface area contributed by atoms with Gasteiger partial charge in [-0.25, -0.2) is 4.98 Å². The first kappa shape index (κ1) is 20.5. The molecule has 1 aliphatic carbocycles. The Balaban J connectivity index is 1.19. The second kappa shape index (κ2) is 9.37. The number of carbonyl (C=O) groups is 1. The van der Waals surface area contributed by atoms with Crippen molar-refractivity contribution in [1.82, 2.24) is 15.2 Å². The zero-order chi connectivity index (χ0) is 21.0. The maximum Gasteiger partial charge on any atom is 0.253 e. The number of amides is 1. The van der Waals surface area contributed by atoms with Crippen LogP contribution in [0.3, 0.4) is 0 Å². The molecule has 1 saturated carbocycles. The van der Waals surface area contributed by atoms with E-state index in [1.807, 2.05) is 6.07 Å². The van der Waals surface area contributed by atoms with E-state index in [9.17, 15) is 4.79 Å². The molecule has 0 unspecified atom stereocenters. The molecule has 1 aromatic heterocycles. The van der Waals surface area contributed by atoms with Crippen LogP contribution in [0.2, 0.25) is 0 Å². The molecule has 6 heteroatoms. The van der Waals surface area contributed by atoms with E-state index in [1.165, 1.54) is 30.4 Å². The third-order valence-electron chi connectivity index (χ3n) is 6.88. The first-order valence-electron chi connectivity index (χ1n) is 11.6. The number of aromatic nitrogens is 1. The SMILES string of the molecule is O=C(NC1CCOCC1)c1ccc(Oc2ccc3c(c2)CCN(C2CCC2)CC3)nc1. The Bertz CT molecular complexity index is 905. The van der Waals surface area contributed by atoms with Gasteiger partial charge >= 0.3 is 0 Å². The van der Waals surface area contributed by atoms with Gasteiger partial charge in [0.1, 0.15) is 5.75 Å². The fraction of sp³-hybridized carbons (Fsp3) is 0.520. The fourth-order valence-electron chi connectivity index (χ4n) is 4.71. The van der Waals surface area contributed by atoms with Crippen LogP contribution in [0.1, 0.15) is 53.6 Å². The number of carbonyl (C=O) groups excluding carboxylic acids is 1. The summed E-state index contributed by atoms with van der Waals surface area (Å²) in [6.45, 7) is 3.71. The summed E-state index contributed by atoms with van der Waals surface area (Å²) in [7, 11) is 0. The van der Waals surface area contributed by atoms with Crippen molar-refractivity contribution in [1.29, 1.82) is 0 Å². The number of hydrogen-bond donors (Lipinski definition) is 1. The second-order valence-corrected chi connectivity index (χ2v) is 8.90. The average molecular weight is 422 g/mol. The summed E-state index contributed by atoms with van der Waals surface area (Å²) in [6.07, 6.45) is 9.59. The third kappa shape index (κ3) is 4.91. The second-order valence-electron chi connectivity index (χ2n) is 8.90. The summed E-state index contributed by atoms with van der Waals surface area (Å²) >= 11 is 0. The van der Waals surface area contributed by atoms with E-state index in [0.717, 1.165) is 50.6 Å². The number of ether oxygens (including phenoxy) is 2. The molecule has 3 aliphatic rings. The molecule has 1 amide bonds. The number of benzene rings is 1. The van der Waals surface area contributed by atoms with Crippen LogP contribution in [0, 0.1) is 0 Å². The minimum atomic E-state index is -0.0907. The fourth-order valence-corrected chi connectivity index (χ4v) is 4.71. The normalized spacial score (nSPS) is 20.4. The number of fused-ring (bicyclic) bond motifs is 1. The number of nitrogens with zero attached hydrogens (tertiary/aromatic N) is 2. The minimum absolute atomic E-state index is 0.0907. The Morgan fingerprint density at radius 3 is 2.55 bits per heavy atom. The molecule has 3 heterocycles. The number of pyridine rings is 1. The lowest BCUT2D eigenvalue weighted by atomic mass is 9.91. The Morgan fingerprint density at radius 1 is 1.03 bits per heavy atom. The third-order valence-corrected chi connectivity index (χ3v) is 6.88. The zero-order valence-corrected chi connectivity index (χ0v) is 18.0. The van der Waals surface area contributed by atoms with Gasteiger partial charge in [-0.2, -0.15) is 0 Å². The van der Waals surface area contributed by atoms with Crippen LogP contribution < -0.4 is 10.1 Å². The number of hydrogen-bond acceptors (Lipinski definition) is 5. The lowest BCUT2D eigenvalue weighted by molar-refractivity contribution is 0.0696. The molecule has 31 heavy (non-hydrogen) atoms. The zero-order valence-electron chi connectivity index (χ0n) is 18.0. The molecule has 1 aromatic carbocycles. The van der Waals surface area contributed by atoms with Gasteiger partial charge in [-0.05, 0) is 67.9 Å². The van der Waals surface area contributed by atoms with Crippen molar-refractivity contribution in [3.63, 3.8) is 0 Å².